The molecule has 0 bridgehead atoms. The van der Waals surface area contributed by atoms with Crippen molar-refractivity contribution in [2.75, 3.05) is 7.11 Å². The molecule has 2 aromatic carbocycles. The zero-order chi connectivity index (χ0) is 23.0. The Bertz CT molecular complexity index is 1150. The minimum absolute atomic E-state index is 0.0431. The van der Waals surface area contributed by atoms with Crippen molar-refractivity contribution in [2.45, 2.75) is 37.9 Å². The fourth-order valence-corrected chi connectivity index (χ4v) is 3.61. The summed E-state index contributed by atoms with van der Waals surface area (Å²) in [6.07, 6.45) is -1.47. The third kappa shape index (κ3) is 4.32. The summed E-state index contributed by atoms with van der Waals surface area (Å²) in [5, 5.41) is 7.04. The molecule has 32 heavy (non-hydrogen) atoms. The number of carbonyl (C=O) groups is 1. The number of benzene rings is 2. The van der Waals surface area contributed by atoms with E-state index in [2.05, 4.69) is 10.4 Å². The first-order chi connectivity index (χ1) is 15.2. The van der Waals surface area contributed by atoms with Gasteiger partial charge in [-0.05, 0) is 55.7 Å². The van der Waals surface area contributed by atoms with Crippen molar-refractivity contribution >= 4 is 5.91 Å². The van der Waals surface area contributed by atoms with Crippen LogP contribution in [0.5, 0.6) is 5.75 Å². The third-order valence-electron chi connectivity index (χ3n) is 5.46. The minimum Gasteiger partial charge on any atom is -0.494 e. The maximum atomic E-state index is 14.0. The van der Waals surface area contributed by atoms with Gasteiger partial charge in [0.1, 0.15) is 0 Å². The Balaban J connectivity index is 1.62. The van der Waals surface area contributed by atoms with E-state index in [1.807, 2.05) is 0 Å². The number of nitrogens with zero attached hydrogens (tertiary/aromatic N) is 2. The second-order valence-electron chi connectivity index (χ2n) is 7.77. The normalized spacial score (nSPS) is 14.8. The molecule has 0 spiro atoms. The Morgan fingerprint density at radius 3 is 2.59 bits per heavy atom. The van der Waals surface area contributed by atoms with Crippen LogP contribution in [0.4, 0.5) is 17.6 Å². The van der Waals surface area contributed by atoms with Gasteiger partial charge in [-0.1, -0.05) is 12.1 Å². The number of hydrogen-bond acceptors (Lipinski definition) is 3. The van der Waals surface area contributed by atoms with Gasteiger partial charge in [-0.15, -0.1) is 0 Å². The highest BCUT2D eigenvalue weighted by Crippen LogP contribution is 2.43. The first-order valence-corrected chi connectivity index (χ1v) is 10.1. The van der Waals surface area contributed by atoms with Gasteiger partial charge < -0.3 is 10.1 Å². The van der Waals surface area contributed by atoms with Crippen molar-refractivity contribution < 1.29 is 27.1 Å². The second-order valence-corrected chi connectivity index (χ2v) is 7.77. The van der Waals surface area contributed by atoms with E-state index in [9.17, 15) is 22.4 Å². The molecule has 1 amide bonds. The van der Waals surface area contributed by atoms with Gasteiger partial charge >= 0.3 is 6.18 Å². The van der Waals surface area contributed by atoms with Crippen molar-refractivity contribution in [1.29, 1.82) is 0 Å². The number of nitrogens with one attached hydrogen (secondary N) is 1. The number of hydrogen-bond donors (Lipinski definition) is 1. The predicted octanol–water partition coefficient (Wildman–Crippen LogP) is 5.41. The van der Waals surface area contributed by atoms with Gasteiger partial charge in [0.05, 0.1) is 41.9 Å². The van der Waals surface area contributed by atoms with Crippen LogP contribution in [0, 0.1) is 5.82 Å². The molecule has 1 N–H and O–H groups in total. The topological polar surface area (TPSA) is 56.1 Å². The van der Waals surface area contributed by atoms with E-state index in [1.54, 1.807) is 13.0 Å². The van der Waals surface area contributed by atoms with Gasteiger partial charge in [-0.3, -0.25) is 4.79 Å². The summed E-state index contributed by atoms with van der Waals surface area (Å²) < 4.78 is 59.8. The molecule has 1 aliphatic carbocycles. The van der Waals surface area contributed by atoms with Crippen molar-refractivity contribution in [3.05, 3.63) is 76.9 Å². The number of halogens is 4. The average molecular weight is 447 g/mol. The molecular weight excluding hydrogens is 426 g/mol. The molecule has 9 heteroatoms. The number of amides is 1. The Hall–Kier alpha value is -3.36. The van der Waals surface area contributed by atoms with Gasteiger partial charge in [0.15, 0.2) is 11.6 Å². The molecule has 0 radical (unpaired) electrons. The van der Waals surface area contributed by atoms with E-state index in [0.717, 1.165) is 25.0 Å². The maximum absolute atomic E-state index is 14.0. The molecule has 5 nitrogen and oxygen atoms in total. The SMILES string of the molecule is COc1ccc(C(C)NC(=O)c2cnn(-c3cccc(C(F)(F)F)c3)c2C2CC2)cc1F. The molecular formula is C23H21F4N3O2. The van der Waals surface area contributed by atoms with Crippen LogP contribution < -0.4 is 10.1 Å². The zero-order valence-electron chi connectivity index (χ0n) is 17.4. The molecule has 1 aromatic heterocycles. The summed E-state index contributed by atoms with van der Waals surface area (Å²) in [6.45, 7) is 1.72. The highest BCUT2D eigenvalue weighted by atomic mass is 19.4. The van der Waals surface area contributed by atoms with Crippen molar-refractivity contribution in [1.82, 2.24) is 15.1 Å². The summed E-state index contributed by atoms with van der Waals surface area (Å²) in [7, 11) is 1.37. The first-order valence-electron chi connectivity index (χ1n) is 10.1. The lowest BCUT2D eigenvalue weighted by Crippen LogP contribution is -2.27. The molecule has 0 saturated heterocycles. The molecule has 1 unspecified atom stereocenters. The Labute approximate surface area is 182 Å². The van der Waals surface area contributed by atoms with Gasteiger partial charge in [-0.2, -0.15) is 18.3 Å². The number of alkyl halides is 3. The van der Waals surface area contributed by atoms with Crippen molar-refractivity contribution in [3.8, 4) is 11.4 Å². The van der Waals surface area contributed by atoms with Crippen LogP contribution >= 0.6 is 0 Å². The van der Waals surface area contributed by atoms with Crippen molar-refractivity contribution in [3.63, 3.8) is 0 Å². The van der Waals surface area contributed by atoms with Crippen LogP contribution in [0.3, 0.4) is 0 Å². The van der Waals surface area contributed by atoms with Gasteiger partial charge in [-0.25, -0.2) is 9.07 Å². The van der Waals surface area contributed by atoms with E-state index in [-0.39, 0.29) is 17.4 Å². The zero-order valence-corrected chi connectivity index (χ0v) is 17.4. The largest absolute Gasteiger partial charge is 0.494 e. The molecule has 1 atom stereocenters. The standard InChI is InChI=1S/C23H21F4N3O2/c1-13(15-8-9-20(32-2)19(24)10-15)29-22(31)18-12-28-30(21(18)14-6-7-14)17-5-3-4-16(11-17)23(25,26)27/h3-5,8-14H,6-7H2,1-2H3,(H,29,31). The second kappa shape index (κ2) is 8.29. The lowest BCUT2D eigenvalue weighted by Gasteiger charge is -2.16. The van der Waals surface area contributed by atoms with Gasteiger partial charge in [0, 0.05) is 5.92 Å². The van der Waals surface area contributed by atoms with Crippen molar-refractivity contribution in [2.24, 2.45) is 0 Å². The lowest BCUT2D eigenvalue weighted by atomic mass is 10.1. The monoisotopic (exact) mass is 447 g/mol. The maximum Gasteiger partial charge on any atom is 0.416 e. The van der Waals surface area contributed by atoms with Crippen LogP contribution in [0.1, 0.15) is 58.9 Å². The van der Waals surface area contributed by atoms with Crippen LogP contribution in [0.15, 0.2) is 48.7 Å². The summed E-state index contributed by atoms with van der Waals surface area (Å²) >= 11 is 0. The molecule has 0 aliphatic heterocycles. The third-order valence-corrected chi connectivity index (χ3v) is 5.46. The Kier molecular flexibility index (Phi) is 5.66. The summed E-state index contributed by atoms with van der Waals surface area (Å²) in [5.41, 5.74) is 0.884. The predicted molar refractivity (Wildman–Crippen MR) is 109 cm³/mol. The molecule has 3 aromatic rings. The summed E-state index contributed by atoms with van der Waals surface area (Å²) in [5.74, 6) is -0.817. The number of carbonyl (C=O) groups excluding carboxylic acids is 1. The first kappa shape index (κ1) is 21.9. The Morgan fingerprint density at radius 1 is 1.22 bits per heavy atom. The smallest absolute Gasteiger partial charge is 0.416 e. The van der Waals surface area contributed by atoms with Crippen LogP contribution in [0.2, 0.25) is 0 Å². The molecule has 1 aliphatic rings. The number of aromatic nitrogens is 2. The van der Waals surface area contributed by atoms with E-state index in [4.69, 9.17) is 4.74 Å². The number of rotatable bonds is 6. The highest BCUT2D eigenvalue weighted by Gasteiger charge is 2.34. The molecule has 1 heterocycles. The van der Waals surface area contributed by atoms with E-state index >= 15 is 0 Å². The van der Waals surface area contributed by atoms with E-state index in [0.29, 0.717) is 16.8 Å². The van der Waals surface area contributed by atoms with Gasteiger partial charge in [0.25, 0.3) is 5.91 Å². The van der Waals surface area contributed by atoms with E-state index in [1.165, 1.54) is 42.3 Å². The molecule has 1 saturated carbocycles. The average Bonchev–Trinajstić information content (AvgIpc) is 3.50. The summed E-state index contributed by atoms with van der Waals surface area (Å²) in [6, 6.07) is 8.77. The molecule has 1 fully saturated rings. The minimum atomic E-state index is -4.48. The van der Waals surface area contributed by atoms with Gasteiger partial charge in [0.2, 0.25) is 0 Å². The van der Waals surface area contributed by atoms with Crippen LogP contribution in [0.25, 0.3) is 5.69 Å². The number of methoxy groups -OCH3 is 1. The highest BCUT2D eigenvalue weighted by molar-refractivity contribution is 5.95. The Morgan fingerprint density at radius 2 is 1.97 bits per heavy atom. The number of ether oxygens (including phenoxy) is 1. The molecule has 168 valence electrons. The summed E-state index contributed by atoms with van der Waals surface area (Å²) in [4.78, 5) is 13.0. The molecule has 4 rings (SSSR count). The lowest BCUT2D eigenvalue weighted by molar-refractivity contribution is -0.137. The van der Waals surface area contributed by atoms with E-state index < -0.39 is 29.5 Å². The quantitative estimate of drug-likeness (QED) is 0.515. The fraction of sp³-hybridized carbons (Fsp3) is 0.304. The van der Waals surface area contributed by atoms with Crippen LogP contribution in [-0.4, -0.2) is 22.8 Å². The fourth-order valence-electron chi connectivity index (χ4n) is 3.61. The van der Waals surface area contributed by atoms with Crippen LogP contribution in [-0.2, 0) is 6.18 Å².